The number of benzene rings is 2. The van der Waals surface area contributed by atoms with Crippen molar-refractivity contribution >= 4 is 5.97 Å². The van der Waals surface area contributed by atoms with E-state index in [1.54, 1.807) is 25.3 Å². The van der Waals surface area contributed by atoms with E-state index in [0.29, 0.717) is 17.7 Å². The minimum atomic E-state index is -0.386. The molecule has 0 radical (unpaired) electrons. The molecule has 0 atom stereocenters. The molecule has 0 N–H and O–H groups in total. The van der Waals surface area contributed by atoms with Crippen LogP contribution in [-0.2, 0) is 17.6 Å². The van der Waals surface area contributed by atoms with E-state index in [1.165, 1.54) is 19.2 Å². The van der Waals surface area contributed by atoms with Crippen molar-refractivity contribution in [3.63, 3.8) is 0 Å². The maximum atomic E-state index is 12.9. The molecule has 0 fully saturated rings. The molecule has 2 aromatic carbocycles. The highest BCUT2D eigenvalue weighted by molar-refractivity contribution is 5.91. The van der Waals surface area contributed by atoms with Gasteiger partial charge in [0, 0.05) is 0 Å². The van der Waals surface area contributed by atoms with Crippen molar-refractivity contribution in [2.45, 2.75) is 26.7 Å². The number of halogens is 1. The van der Waals surface area contributed by atoms with Gasteiger partial charge in [0.15, 0.2) is 0 Å². The number of esters is 1. The molecule has 0 aliphatic carbocycles. The van der Waals surface area contributed by atoms with Crippen LogP contribution in [0.2, 0.25) is 0 Å². The van der Waals surface area contributed by atoms with Crippen molar-refractivity contribution in [2.24, 2.45) is 0 Å². The van der Waals surface area contributed by atoms with Gasteiger partial charge in [-0.1, -0.05) is 32.0 Å². The number of methoxy groups -OCH3 is 2. The fourth-order valence-electron chi connectivity index (χ4n) is 2.13. The summed E-state index contributed by atoms with van der Waals surface area (Å²) >= 11 is 0. The molecule has 0 unspecified atom stereocenters. The molecule has 0 aliphatic heterocycles. The Hall–Kier alpha value is -2.36. The first kappa shape index (κ1) is 18.7. The van der Waals surface area contributed by atoms with Crippen LogP contribution in [0.3, 0.4) is 0 Å². The van der Waals surface area contributed by atoms with Crippen molar-refractivity contribution in [2.75, 3.05) is 14.2 Å². The van der Waals surface area contributed by atoms with Gasteiger partial charge >= 0.3 is 5.97 Å². The summed E-state index contributed by atoms with van der Waals surface area (Å²) in [5.74, 6) is -0.0256. The van der Waals surface area contributed by atoms with Gasteiger partial charge in [0.05, 0.1) is 19.8 Å². The maximum Gasteiger partial charge on any atom is 0.338 e. The first-order valence-electron chi connectivity index (χ1n) is 7.63. The third kappa shape index (κ3) is 5.40. The predicted octanol–water partition coefficient (Wildman–Crippen LogP) is 4.43. The predicted molar refractivity (Wildman–Crippen MR) is 89.5 cm³/mol. The molecule has 2 rings (SSSR count). The van der Waals surface area contributed by atoms with Crippen molar-refractivity contribution < 1.29 is 18.7 Å². The summed E-state index contributed by atoms with van der Waals surface area (Å²) in [6, 6.07) is 11.7. The summed E-state index contributed by atoms with van der Waals surface area (Å²) < 4.78 is 22.8. The van der Waals surface area contributed by atoms with Crippen molar-refractivity contribution in [1.29, 1.82) is 0 Å². The quantitative estimate of drug-likeness (QED) is 0.765. The average molecular weight is 318 g/mol. The zero-order valence-electron chi connectivity index (χ0n) is 14.1. The zero-order chi connectivity index (χ0) is 17.2. The Balaban J connectivity index is 0.00000127. The van der Waals surface area contributed by atoms with Gasteiger partial charge in [0.2, 0.25) is 0 Å². The van der Waals surface area contributed by atoms with Crippen LogP contribution in [0.15, 0.2) is 42.5 Å². The van der Waals surface area contributed by atoms with E-state index < -0.39 is 0 Å². The molecule has 0 amide bonds. The van der Waals surface area contributed by atoms with E-state index in [-0.39, 0.29) is 11.8 Å². The van der Waals surface area contributed by atoms with Crippen LogP contribution in [0.25, 0.3) is 0 Å². The number of ether oxygens (including phenoxy) is 2. The Bertz CT molecular complexity index is 621. The summed E-state index contributed by atoms with van der Waals surface area (Å²) in [6.07, 6.45) is 1.39. The fraction of sp³-hybridized carbons (Fsp3) is 0.316. The molecule has 4 heteroatoms. The lowest BCUT2D eigenvalue weighted by Gasteiger charge is -2.10. The van der Waals surface area contributed by atoms with Crippen molar-refractivity contribution in [3.8, 4) is 5.75 Å². The Labute approximate surface area is 137 Å². The Morgan fingerprint density at radius 1 is 1.00 bits per heavy atom. The SMILES string of the molecule is CC.COC(=O)c1cc(OC)ccc1CCc1ccc(F)cc1. The van der Waals surface area contributed by atoms with Gasteiger partial charge in [-0.05, 0) is 48.2 Å². The van der Waals surface area contributed by atoms with Crippen LogP contribution in [0.4, 0.5) is 4.39 Å². The van der Waals surface area contributed by atoms with Gasteiger partial charge in [-0.3, -0.25) is 0 Å². The van der Waals surface area contributed by atoms with E-state index in [1.807, 2.05) is 26.0 Å². The van der Waals surface area contributed by atoms with E-state index in [2.05, 4.69) is 0 Å². The van der Waals surface area contributed by atoms with E-state index in [0.717, 1.165) is 17.5 Å². The van der Waals surface area contributed by atoms with Crippen LogP contribution in [0, 0.1) is 5.82 Å². The van der Waals surface area contributed by atoms with E-state index >= 15 is 0 Å². The van der Waals surface area contributed by atoms with E-state index in [4.69, 9.17) is 9.47 Å². The first-order chi connectivity index (χ1) is 11.1. The second kappa shape index (κ2) is 9.62. The number of rotatable bonds is 5. The molecule has 124 valence electrons. The minimum Gasteiger partial charge on any atom is -0.497 e. The molecular formula is C19H23FO3. The summed E-state index contributed by atoms with van der Waals surface area (Å²) in [5, 5.41) is 0. The normalized spacial score (nSPS) is 9.61. The standard InChI is InChI=1S/C17H17FO3.C2H6/c1-20-15-10-7-13(16(11-15)17(19)21-2)6-3-12-4-8-14(18)9-5-12;1-2/h4-5,7-11H,3,6H2,1-2H3;1-2H3. The third-order valence-electron chi connectivity index (χ3n) is 3.32. The van der Waals surface area contributed by atoms with Gasteiger partial charge in [-0.25, -0.2) is 9.18 Å². The lowest BCUT2D eigenvalue weighted by atomic mass is 9.99. The number of carbonyl (C=O) groups is 1. The number of hydrogen-bond donors (Lipinski definition) is 0. The molecule has 0 heterocycles. The lowest BCUT2D eigenvalue weighted by Crippen LogP contribution is -2.07. The Morgan fingerprint density at radius 3 is 2.22 bits per heavy atom. The summed E-state index contributed by atoms with van der Waals surface area (Å²) in [6.45, 7) is 4.00. The lowest BCUT2D eigenvalue weighted by molar-refractivity contribution is 0.0599. The molecule has 2 aromatic rings. The highest BCUT2D eigenvalue weighted by Crippen LogP contribution is 2.20. The number of carbonyl (C=O) groups excluding carboxylic acids is 1. The third-order valence-corrected chi connectivity index (χ3v) is 3.32. The highest BCUT2D eigenvalue weighted by atomic mass is 19.1. The second-order valence-electron chi connectivity index (χ2n) is 4.64. The van der Waals surface area contributed by atoms with Crippen LogP contribution in [0.5, 0.6) is 5.75 Å². The largest absolute Gasteiger partial charge is 0.497 e. The van der Waals surface area contributed by atoms with Crippen molar-refractivity contribution in [3.05, 3.63) is 65.0 Å². The van der Waals surface area contributed by atoms with Gasteiger partial charge in [-0.15, -0.1) is 0 Å². The monoisotopic (exact) mass is 318 g/mol. The van der Waals surface area contributed by atoms with Crippen LogP contribution >= 0.6 is 0 Å². The molecule has 0 spiro atoms. The van der Waals surface area contributed by atoms with Crippen LogP contribution in [0.1, 0.15) is 35.3 Å². The van der Waals surface area contributed by atoms with Gasteiger partial charge < -0.3 is 9.47 Å². The topological polar surface area (TPSA) is 35.5 Å². The Kier molecular flexibility index (Phi) is 7.81. The molecule has 23 heavy (non-hydrogen) atoms. The first-order valence-corrected chi connectivity index (χ1v) is 7.63. The summed E-state index contributed by atoms with van der Waals surface area (Å²) in [5.41, 5.74) is 2.40. The molecular weight excluding hydrogens is 295 g/mol. The van der Waals surface area contributed by atoms with Crippen LogP contribution < -0.4 is 4.74 Å². The maximum absolute atomic E-state index is 12.9. The van der Waals surface area contributed by atoms with Crippen molar-refractivity contribution in [1.82, 2.24) is 0 Å². The smallest absolute Gasteiger partial charge is 0.338 e. The minimum absolute atomic E-state index is 0.251. The van der Waals surface area contributed by atoms with E-state index in [9.17, 15) is 9.18 Å². The molecule has 0 bridgehead atoms. The summed E-state index contributed by atoms with van der Waals surface area (Å²) in [7, 11) is 2.90. The molecule has 3 nitrogen and oxygen atoms in total. The number of hydrogen-bond acceptors (Lipinski definition) is 3. The Morgan fingerprint density at radius 2 is 1.65 bits per heavy atom. The fourth-order valence-corrected chi connectivity index (χ4v) is 2.13. The second-order valence-corrected chi connectivity index (χ2v) is 4.64. The van der Waals surface area contributed by atoms with Crippen LogP contribution in [-0.4, -0.2) is 20.2 Å². The average Bonchev–Trinajstić information content (AvgIpc) is 2.62. The van der Waals surface area contributed by atoms with Gasteiger partial charge in [-0.2, -0.15) is 0 Å². The molecule has 0 aromatic heterocycles. The van der Waals surface area contributed by atoms with Gasteiger partial charge in [0.1, 0.15) is 11.6 Å². The highest BCUT2D eigenvalue weighted by Gasteiger charge is 2.13. The van der Waals surface area contributed by atoms with Gasteiger partial charge in [0.25, 0.3) is 0 Å². The summed E-state index contributed by atoms with van der Waals surface area (Å²) in [4.78, 5) is 11.8. The molecule has 0 saturated carbocycles. The zero-order valence-corrected chi connectivity index (χ0v) is 14.1. The molecule has 0 aliphatic rings. The number of aryl methyl sites for hydroxylation is 2. The molecule has 0 saturated heterocycles.